The number of carbonyl (C=O) groups is 1. The molecule has 0 spiro atoms. The Morgan fingerprint density at radius 3 is 2.87 bits per heavy atom. The number of aryl methyl sites for hydroxylation is 3. The van der Waals surface area contributed by atoms with E-state index in [0.29, 0.717) is 16.5 Å². The van der Waals surface area contributed by atoms with E-state index in [1.807, 2.05) is 6.92 Å². The van der Waals surface area contributed by atoms with Crippen LogP contribution in [0.5, 0.6) is 0 Å². The minimum absolute atomic E-state index is 0.0818. The molecule has 5 rings (SSSR count). The largest absolute Gasteiger partial charge is 0.316 e. The number of carbonyl (C=O) groups excluding carboxylic acids is 1. The van der Waals surface area contributed by atoms with E-state index in [0.717, 1.165) is 58.7 Å². The summed E-state index contributed by atoms with van der Waals surface area (Å²) < 4.78 is 0. The van der Waals surface area contributed by atoms with E-state index in [9.17, 15) is 10.1 Å². The second-order valence-corrected chi connectivity index (χ2v) is 11.6. The molecule has 2 aliphatic rings. The number of hydrogen-bond donors (Lipinski definition) is 1. The minimum atomic E-state index is -0.0818. The molecule has 0 aliphatic heterocycles. The Morgan fingerprint density at radius 1 is 1.19 bits per heavy atom. The van der Waals surface area contributed by atoms with Crippen molar-refractivity contribution in [2.45, 2.75) is 63.8 Å². The SMILES string of the molecule is Cc1nc(SCC(=O)Nc2sc3c(c2C#N)CCC(C)C3)c2c3c(sc2n1)CCCC3. The summed E-state index contributed by atoms with van der Waals surface area (Å²) in [6.45, 7) is 4.16. The minimum Gasteiger partial charge on any atom is -0.316 e. The zero-order chi connectivity index (χ0) is 21.5. The third kappa shape index (κ3) is 3.99. The lowest BCUT2D eigenvalue weighted by molar-refractivity contribution is -0.113. The molecule has 3 heterocycles. The van der Waals surface area contributed by atoms with Crippen molar-refractivity contribution in [1.82, 2.24) is 9.97 Å². The molecule has 8 heteroatoms. The van der Waals surface area contributed by atoms with Crippen LogP contribution in [-0.4, -0.2) is 21.6 Å². The maximum Gasteiger partial charge on any atom is 0.235 e. The number of nitrogens with one attached hydrogen (secondary N) is 1. The van der Waals surface area contributed by atoms with Gasteiger partial charge < -0.3 is 5.32 Å². The molecule has 3 aromatic rings. The number of fused-ring (bicyclic) bond motifs is 4. The summed E-state index contributed by atoms with van der Waals surface area (Å²) in [5.41, 5.74) is 3.20. The fourth-order valence-corrected chi connectivity index (χ4v) is 8.23. The van der Waals surface area contributed by atoms with Crippen molar-refractivity contribution in [1.29, 1.82) is 5.26 Å². The number of thiophene rings is 2. The lowest BCUT2D eigenvalue weighted by atomic mass is 9.89. The lowest BCUT2D eigenvalue weighted by Crippen LogP contribution is -2.14. The molecule has 2 aliphatic carbocycles. The predicted molar refractivity (Wildman–Crippen MR) is 128 cm³/mol. The van der Waals surface area contributed by atoms with Gasteiger partial charge in [0.25, 0.3) is 0 Å². The topological polar surface area (TPSA) is 78.7 Å². The first-order valence-corrected chi connectivity index (χ1v) is 13.4. The maximum absolute atomic E-state index is 12.8. The van der Waals surface area contributed by atoms with Gasteiger partial charge in [-0.25, -0.2) is 9.97 Å². The molecule has 1 atom stereocenters. The van der Waals surface area contributed by atoms with Crippen LogP contribution in [-0.2, 0) is 30.5 Å². The maximum atomic E-state index is 12.8. The Labute approximate surface area is 194 Å². The molecule has 31 heavy (non-hydrogen) atoms. The summed E-state index contributed by atoms with van der Waals surface area (Å²) in [7, 11) is 0. The molecule has 1 amide bonds. The first kappa shape index (κ1) is 20.9. The van der Waals surface area contributed by atoms with Crippen molar-refractivity contribution in [2.24, 2.45) is 5.92 Å². The Bertz CT molecular complexity index is 1220. The molecule has 0 radical (unpaired) electrons. The molecule has 1 unspecified atom stereocenters. The summed E-state index contributed by atoms with van der Waals surface area (Å²) in [6, 6.07) is 2.33. The van der Waals surface area contributed by atoms with Crippen molar-refractivity contribution in [3.63, 3.8) is 0 Å². The van der Waals surface area contributed by atoms with Gasteiger partial charge in [-0.2, -0.15) is 5.26 Å². The molecular weight excluding hydrogens is 444 g/mol. The fourth-order valence-electron chi connectivity index (χ4n) is 4.58. The molecular formula is C23H24N4OS3. The van der Waals surface area contributed by atoms with Crippen molar-refractivity contribution in [3.05, 3.63) is 32.3 Å². The highest BCUT2D eigenvalue weighted by atomic mass is 32.2. The molecule has 0 saturated carbocycles. The molecule has 0 bridgehead atoms. The van der Waals surface area contributed by atoms with Gasteiger partial charge in [-0.15, -0.1) is 22.7 Å². The number of amides is 1. The van der Waals surface area contributed by atoms with Gasteiger partial charge in [0.15, 0.2) is 0 Å². The predicted octanol–water partition coefficient (Wildman–Crippen LogP) is 5.67. The van der Waals surface area contributed by atoms with Gasteiger partial charge in [-0.05, 0) is 68.9 Å². The summed E-state index contributed by atoms with van der Waals surface area (Å²) in [5.74, 6) is 1.58. The summed E-state index contributed by atoms with van der Waals surface area (Å²) in [6.07, 6.45) is 7.68. The fraction of sp³-hybridized carbons (Fsp3) is 0.478. The summed E-state index contributed by atoms with van der Waals surface area (Å²) >= 11 is 4.85. The number of nitriles is 1. The van der Waals surface area contributed by atoms with E-state index in [4.69, 9.17) is 0 Å². The lowest BCUT2D eigenvalue weighted by Gasteiger charge is -2.17. The first-order chi connectivity index (χ1) is 15.0. The highest BCUT2D eigenvalue weighted by Gasteiger charge is 2.25. The first-order valence-electron chi connectivity index (χ1n) is 10.8. The number of hydrogen-bond acceptors (Lipinski definition) is 7. The van der Waals surface area contributed by atoms with E-state index >= 15 is 0 Å². The number of aromatic nitrogens is 2. The molecule has 1 N–H and O–H groups in total. The van der Waals surface area contributed by atoms with E-state index in [-0.39, 0.29) is 11.7 Å². The molecule has 0 fully saturated rings. The van der Waals surface area contributed by atoms with Crippen LogP contribution in [0.4, 0.5) is 5.00 Å². The number of thioether (sulfide) groups is 1. The molecule has 3 aromatic heterocycles. The third-order valence-corrected chi connectivity index (χ3v) is 9.44. The highest BCUT2D eigenvalue weighted by molar-refractivity contribution is 8.00. The van der Waals surface area contributed by atoms with Crippen LogP contribution >= 0.6 is 34.4 Å². The quantitative estimate of drug-likeness (QED) is 0.394. The van der Waals surface area contributed by atoms with Crippen LogP contribution in [0.2, 0.25) is 0 Å². The second kappa shape index (κ2) is 8.53. The molecule has 5 nitrogen and oxygen atoms in total. The van der Waals surface area contributed by atoms with Crippen molar-refractivity contribution in [2.75, 3.05) is 11.1 Å². The van der Waals surface area contributed by atoms with Gasteiger partial charge in [0.05, 0.1) is 11.3 Å². The van der Waals surface area contributed by atoms with E-state index in [2.05, 4.69) is 28.3 Å². The number of anilines is 1. The number of nitrogens with zero attached hydrogens (tertiary/aromatic N) is 3. The Kier molecular flexibility index (Phi) is 5.76. The van der Waals surface area contributed by atoms with E-state index < -0.39 is 0 Å². The van der Waals surface area contributed by atoms with E-state index in [1.54, 1.807) is 22.7 Å². The third-order valence-electron chi connectivity index (χ3n) is 6.11. The highest BCUT2D eigenvalue weighted by Crippen LogP contribution is 2.41. The van der Waals surface area contributed by atoms with Gasteiger partial charge >= 0.3 is 0 Å². The van der Waals surface area contributed by atoms with Gasteiger partial charge in [-0.3, -0.25) is 4.79 Å². The second-order valence-electron chi connectivity index (χ2n) is 8.47. The standard InChI is InChI=1S/C23H24N4OS3/c1-12-7-8-14-16(10-24)21(31-18(14)9-12)27-19(28)11-29-22-20-15-5-3-4-6-17(15)30-23(20)26-13(2)25-22/h12H,3-9,11H2,1-2H3,(H,27,28). The van der Waals surface area contributed by atoms with Gasteiger partial charge in [0.1, 0.15) is 26.8 Å². The Balaban J connectivity index is 1.36. The van der Waals surface area contributed by atoms with Crippen molar-refractivity contribution < 1.29 is 4.79 Å². The van der Waals surface area contributed by atoms with Crippen LogP contribution in [0, 0.1) is 24.2 Å². The van der Waals surface area contributed by atoms with Crippen LogP contribution in [0.25, 0.3) is 10.2 Å². The van der Waals surface area contributed by atoms with Crippen molar-refractivity contribution in [3.8, 4) is 6.07 Å². The van der Waals surface area contributed by atoms with Crippen LogP contribution in [0.15, 0.2) is 5.03 Å². The molecule has 0 aromatic carbocycles. The summed E-state index contributed by atoms with van der Waals surface area (Å²) in [5, 5.41) is 15.5. The van der Waals surface area contributed by atoms with Gasteiger partial charge in [0.2, 0.25) is 5.91 Å². The zero-order valence-corrected chi connectivity index (χ0v) is 20.2. The normalized spacial score (nSPS) is 17.8. The molecule has 160 valence electrons. The monoisotopic (exact) mass is 468 g/mol. The smallest absolute Gasteiger partial charge is 0.235 e. The van der Waals surface area contributed by atoms with E-state index in [1.165, 1.54) is 39.9 Å². The Hall–Kier alpha value is -1.95. The number of rotatable bonds is 4. The van der Waals surface area contributed by atoms with Crippen LogP contribution < -0.4 is 5.32 Å². The van der Waals surface area contributed by atoms with Crippen LogP contribution in [0.1, 0.15) is 58.5 Å². The average molecular weight is 469 g/mol. The Morgan fingerprint density at radius 2 is 2.03 bits per heavy atom. The average Bonchev–Trinajstić information content (AvgIpc) is 3.28. The summed E-state index contributed by atoms with van der Waals surface area (Å²) in [4.78, 5) is 25.9. The van der Waals surface area contributed by atoms with Crippen molar-refractivity contribution >= 4 is 55.6 Å². The molecule has 0 saturated heterocycles. The van der Waals surface area contributed by atoms with Gasteiger partial charge in [-0.1, -0.05) is 18.7 Å². The van der Waals surface area contributed by atoms with Gasteiger partial charge in [0, 0.05) is 15.1 Å². The van der Waals surface area contributed by atoms with Crippen LogP contribution in [0.3, 0.4) is 0 Å². The zero-order valence-electron chi connectivity index (χ0n) is 17.7.